The predicted octanol–water partition coefficient (Wildman–Crippen LogP) is 3.28. The third-order valence-corrected chi connectivity index (χ3v) is 5.92. The molecule has 11 heteroatoms. The number of anilines is 2. The van der Waals surface area contributed by atoms with Gasteiger partial charge in [0.25, 0.3) is 11.7 Å². The van der Waals surface area contributed by atoms with Crippen molar-refractivity contribution >= 4 is 41.1 Å². The van der Waals surface area contributed by atoms with E-state index in [1.807, 2.05) is 4.90 Å². The van der Waals surface area contributed by atoms with Crippen LogP contribution in [-0.4, -0.2) is 47.7 Å². The molecule has 1 aliphatic rings. The molecule has 0 aliphatic carbocycles. The van der Waals surface area contributed by atoms with Crippen LogP contribution in [0.3, 0.4) is 0 Å². The van der Waals surface area contributed by atoms with Crippen molar-refractivity contribution in [2.24, 2.45) is 11.7 Å². The maximum atomic E-state index is 12.5. The number of amides is 2. The zero-order valence-corrected chi connectivity index (χ0v) is 18.7. The maximum Gasteiger partial charge on any atom is 0.309 e. The van der Waals surface area contributed by atoms with Gasteiger partial charge in [-0.1, -0.05) is 11.8 Å². The Balaban J connectivity index is 1.46. The van der Waals surface area contributed by atoms with Crippen molar-refractivity contribution in [1.82, 2.24) is 4.98 Å². The number of primary amides is 1. The van der Waals surface area contributed by atoms with Crippen LogP contribution in [0.25, 0.3) is 0 Å². The Kier molecular flexibility index (Phi) is 8.21. The Bertz CT molecular complexity index is 981. The minimum atomic E-state index is -2.52. The summed E-state index contributed by atoms with van der Waals surface area (Å²) < 4.78 is 30.1. The molecule has 0 spiro atoms. The lowest BCUT2D eigenvalue weighted by atomic mass is 9.97. The number of hydrogen-bond acceptors (Lipinski definition) is 7. The van der Waals surface area contributed by atoms with E-state index >= 15 is 0 Å². The number of pyridine rings is 1. The second kappa shape index (κ2) is 11.1. The molecule has 2 amide bonds. The number of nitrogens with zero attached hydrogens (tertiary/aromatic N) is 2. The predicted molar refractivity (Wildman–Crippen MR) is 120 cm³/mol. The fourth-order valence-corrected chi connectivity index (χ4v) is 3.85. The number of piperidine rings is 1. The standard InChI is InChI=1S/C22H24F2N4O4S/c1-13(20(30)27-16-3-5-17(6-4-16)33-22(23)24)32-21(31)14-8-10-28(11-9-14)18-7-2-15(12-26-18)19(25)29/h2-7,12-14,22H,8-11H2,1H3,(H2,25,29)(H,27,30)/t13-/m1/s1. The highest BCUT2D eigenvalue weighted by Gasteiger charge is 2.29. The fourth-order valence-electron chi connectivity index (χ4n) is 3.35. The van der Waals surface area contributed by atoms with Crippen molar-refractivity contribution in [3.63, 3.8) is 0 Å². The van der Waals surface area contributed by atoms with Crippen molar-refractivity contribution in [1.29, 1.82) is 0 Å². The van der Waals surface area contributed by atoms with Gasteiger partial charge in [-0.3, -0.25) is 14.4 Å². The van der Waals surface area contributed by atoms with E-state index < -0.39 is 29.6 Å². The molecule has 1 aromatic carbocycles. The Hall–Kier alpha value is -3.21. The summed E-state index contributed by atoms with van der Waals surface area (Å²) in [4.78, 5) is 42.6. The topological polar surface area (TPSA) is 115 Å². The van der Waals surface area contributed by atoms with Gasteiger partial charge < -0.3 is 20.7 Å². The average Bonchev–Trinajstić information content (AvgIpc) is 2.80. The number of aromatic nitrogens is 1. The normalized spacial score (nSPS) is 15.2. The minimum Gasteiger partial charge on any atom is -0.452 e. The summed E-state index contributed by atoms with van der Waals surface area (Å²) in [5.41, 5.74) is 5.97. The quantitative estimate of drug-likeness (QED) is 0.442. The maximum absolute atomic E-state index is 12.5. The van der Waals surface area contributed by atoms with Gasteiger partial charge in [-0.05, 0) is 56.2 Å². The molecule has 3 rings (SSSR count). The first-order chi connectivity index (χ1) is 15.7. The van der Waals surface area contributed by atoms with Crippen molar-refractivity contribution in [2.75, 3.05) is 23.3 Å². The number of nitrogens with one attached hydrogen (secondary N) is 1. The molecule has 0 saturated carbocycles. The van der Waals surface area contributed by atoms with E-state index in [0.717, 1.165) is 0 Å². The van der Waals surface area contributed by atoms with Crippen LogP contribution in [0.1, 0.15) is 30.1 Å². The van der Waals surface area contributed by atoms with Crippen LogP contribution in [0, 0.1) is 5.92 Å². The molecule has 3 N–H and O–H groups in total. The van der Waals surface area contributed by atoms with Gasteiger partial charge in [0.2, 0.25) is 5.91 Å². The molecular weight excluding hydrogens is 454 g/mol. The van der Waals surface area contributed by atoms with Gasteiger partial charge in [-0.25, -0.2) is 4.98 Å². The largest absolute Gasteiger partial charge is 0.452 e. The summed E-state index contributed by atoms with van der Waals surface area (Å²) in [7, 11) is 0. The molecular formula is C22H24F2N4O4S. The zero-order chi connectivity index (χ0) is 24.0. The monoisotopic (exact) mass is 478 g/mol. The van der Waals surface area contributed by atoms with E-state index in [-0.39, 0.29) is 5.92 Å². The summed E-state index contributed by atoms with van der Waals surface area (Å²) in [5.74, 6) is -3.66. The number of carbonyl (C=O) groups is 3. The number of esters is 1. The number of ether oxygens (including phenoxy) is 1. The van der Waals surface area contributed by atoms with E-state index in [1.54, 1.807) is 12.1 Å². The minimum absolute atomic E-state index is 0.326. The van der Waals surface area contributed by atoms with Crippen LogP contribution in [0.2, 0.25) is 0 Å². The lowest BCUT2D eigenvalue weighted by Crippen LogP contribution is -2.39. The summed E-state index contributed by atoms with van der Waals surface area (Å²) >= 11 is 0.416. The van der Waals surface area contributed by atoms with Crippen molar-refractivity contribution in [3.05, 3.63) is 48.2 Å². The highest BCUT2D eigenvalue weighted by molar-refractivity contribution is 7.99. The second-order valence-corrected chi connectivity index (χ2v) is 8.57. The summed E-state index contributed by atoms with van der Waals surface area (Å²) in [6, 6.07) is 9.30. The van der Waals surface area contributed by atoms with Crippen LogP contribution in [0.5, 0.6) is 0 Å². The number of alkyl halides is 2. The lowest BCUT2D eigenvalue weighted by molar-refractivity contribution is -0.157. The highest BCUT2D eigenvalue weighted by atomic mass is 32.2. The molecule has 33 heavy (non-hydrogen) atoms. The number of rotatable bonds is 8. The number of benzene rings is 1. The second-order valence-electron chi connectivity index (χ2n) is 7.50. The summed E-state index contributed by atoms with van der Waals surface area (Å²) in [6.45, 7) is 2.63. The van der Waals surface area contributed by atoms with Crippen LogP contribution in [-0.2, 0) is 14.3 Å². The smallest absolute Gasteiger partial charge is 0.309 e. The van der Waals surface area contributed by atoms with E-state index in [0.29, 0.717) is 59.7 Å². The van der Waals surface area contributed by atoms with E-state index in [9.17, 15) is 23.2 Å². The molecule has 0 bridgehead atoms. The fraction of sp³-hybridized carbons (Fsp3) is 0.364. The Morgan fingerprint density at radius 2 is 1.82 bits per heavy atom. The first-order valence-electron chi connectivity index (χ1n) is 10.3. The summed E-state index contributed by atoms with van der Waals surface area (Å²) in [6.07, 6.45) is 1.49. The number of carbonyl (C=O) groups excluding carboxylic acids is 3. The molecule has 1 fully saturated rings. The zero-order valence-electron chi connectivity index (χ0n) is 17.9. The van der Waals surface area contributed by atoms with E-state index in [2.05, 4.69) is 10.3 Å². The molecule has 1 atom stereocenters. The van der Waals surface area contributed by atoms with Crippen molar-refractivity contribution in [3.8, 4) is 0 Å². The van der Waals surface area contributed by atoms with Crippen LogP contribution < -0.4 is 16.0 Å². The van der Waals surface area contributed by atoms with Gasteiger partial charge >= 0.3 is 5.97 Å². The van der Waals surface area contributed by atoms with Crippen molar-refractivity contribution in [2.45, 2.75) is 36.5 Å². The van der Waals surface area contributed by atoms with Gasteiger partial charge in [-0.2, -0.15) is 8.78 Å². The van der Waals surface area contributed by atoms with Crippen LogP contribution >= 0.6 is 11.8 Å². The Morgan fingerprint density at radius 1 is 1.15 bits per heavy atom. The third-order valence-electron chi connectivity index (χ3n) is 5.19. The van der Waals surface area contributed by atoms with Crippen LogP contribution in [0.15, 0.2) is 47.5 Å². The van der Waals surface area contributed by atoms with Gasteiger partial charge in [0.15, 0.2) is 6.10 Å². The molecule has 1 saturated heterocycles. The molecule has 0 unspecified atom stereocenters. The number of halogens is 2. The first-order valence-corrected chi connectivity index (χ1v) is 11.2. The molecule has 176 valence electrons. The van der Waals surface area contributed by atoms with E-state index in [1.165, 1.54) is 37.4 Å². The highest BCUT2D eigenvalue weighted by Crippen LogP contribution is 2.26. The Labute approximate surface area is 193 Å². The molecule has 8 nitrogen and oxygen atoms in total. The third kappa shape index (κ3) is 6.88. The van der Waals surface area contributed by atoms with Gasteiger partial charge in [0, 0.05) is 29.9 Å². The molecule has 0 radical (unpaired) electrons. The number of nitrogens with two attached hydrogens (primary N) is 1. The van der Waals surface area contributed by atoms with Gasteiger partial charge in [0.1, 0.15) is 5.82 Å². The molecule has 1 aliphatic heterocycles. The average molecular weight is 479 g/mol. The Morgan fingerprint density at radius 3 is 2.36 bits per heavy atom. The van der Waals surface area contributed by atoms with E-state index in [4.69, 9.17) is 10.5 Å². The van der Waals surface area contributed by atoms with Gasteiger partial charge in [0.05, 0.1) is 11.5 Å². The summed E-state index contributed by atoms with van der Waals surface area (Å²) in [5, 5.41) is 2.61. The first kappa shape index (κ1) is 24.4. The molecule has 2 aromatic rings. The molecule has 2 heterocycles. The number of thioether (sulfide) groups is 1. The van der Waals surface area contributed by atoms with Crippen molar-refractivity contribution < 1.29 is 27.9 Å². The van der Waals surface area contributed by atoms with Gasteiger partial charge in [-0.15, -0.1) is 0 Å². The lowest BCUT2D eigenvalue weighted by Gasteiger charge is -2.32. The SMILES string of the molecule is C[C@@H](OC(=O)C1CCN(c2ccc(C(N)=O)cn2)CC1)C(=O)Nc1ccc(SC(F)F)cc1. The molecule has 1 aromatic heterocycles. The number of hydrogen-bond donors (Lipinski definition) is 2. The van der Waals surface area contributed by atoms with Crippen LogP contribution in [0.4, 0.5) is 20.3 Å².